The number of carbonyl (C=O) groups is 1. The molecule has 0 spiro atoms. The van der Waals surface area contributed by atoms with Gasteiger partial charge in [-0.2, -0.15) is 13.2 Å². The number of nitrogens with zero attached hydrogens (tertiary/aromatic N) is 1. The van der Waals surface area contributed by atoms with Gasteiger partial charge in [-0.25, -0.2) is 4.79 Å². The maximum atomic E-state index is 12.9. The van der Waals surface area contributed by atoms with Crippen molar-refractivity contribution >= 4 is 12.0 Å². The van der Waals surface area contributed by atoms with Crippen molar-refractivity contribution in [2.24, 2.45) is 0 Å². The summed E-state index contributed by atoms with van der Waals surface area (Å²) in [6, 6.07) is 14.5. The zero-order valence-corrected chi connectivity index (χ0v) is 17.0. The Morgan fingerprint density at radius 2 is 1.88 bits per heavy atom. The molecule has 1 N–H and O–H groups in total. The molecular weight excluding hydrogens is 423 g/mol. The van der Waals surface area contributed by atoms with Crippen LogP contribution in [0.4, 0.5) is 13.2 Å². The van der Waals surface area contributed by atoms with Gasteiger partial charge in [0.2, 0.25) is 0 Å². The molecular formula is C24H20F3NO4. The largest absolute Gasteiger partial charge is 0.497 e. The molecule has 0 amide bonds. The second-order valence-corrected chi connectivity index (χ2v) is 6.84. The first-order chi connectivity index (χ1) is 15.3. The SMILES string of the molecule is COc1ccc(C=C(C(=O)OCc2cccc(C(F)(F)F)c2)C(O)c2cccnc2)cc1. The van der Waals surface area contributed by atoms with Crippen LogP contribution < -0.4 is 4.74 Å². The molecule has 0 aliphatic carbocycles. The van der Waals surface area contributed by atoms with Gasteiger partial charge in [-0.05, 0) is 47.5 Å². The Labute approximate surface area is 182 Å². The first-order valence-electron chi connectivity index (χ1n) is 9.55. The van der Waals surface area contributed by atoms with Gasteiger partial charge in [-0.1, -0.05) is 30.3 Å². The number of aliphatic hydroxyl groups is 1. The second kappa shape index (κ2) is 10.1. The van der Waals surface area contributed by atoms with Crippen LogP contribution in [0.25, 0.3) is 6.08 Å². The lowest BCUT2D eigenvalue weighted by molar-refractivity contribution is -0.141. The van der Waals surface area contributed by atoms with E-state index in [9.17, 15) is 23.1 Å². The van der Waals surface area contributed by atoms with Crippen LogP contribution in [0.2, 0.25) is 0 Å². The Balaban J connectivity index is 1.85. The van der Waals surface area contributed by atoms with Crippen LogP contribution in [0.1, 0.15) is 28.4 Å². The van der Waals surface area contributed by atoms with Crippen LogP contribution >= 0.6 is 0 Å². The molecule has 166 valence electrons. The van der Waals surface area contributed by atoms with Crippen molar-refractivity contribution in [2.75, 3.05) is 7.11 Å². The van der Waals surface area contributed by atoms with Gasteiger partial charge in [0.1, 0.15) is 18.5 Å². The predicted octanol–water partition coefficient (Wildman–Crippen LogP) is 4.97. The minimum absolute atomic E-state index is 0.0878. The van der Waals surface area contributed by atoms with Crippen LogP contribution in [0.5, 0.6) is 5.75 Å². The summed E-state index contributed by atoms with van der Waals surface area (Å²) < 4.78 is 49.1. The van der Waals surface area contributed by atoms with E-state index >= 15 is 0 Å². The Bertz CT molecular complexity index is 1080. The number of aliphatic hydroxyl groups excluding tert-OH is 1. The van der Waals surface area contributed by atoms with Gasteiger partial charge in [-0.15, -0.1) is 0 Å². The smallest absolute Gasteiger partial charge is 0.416 e. The number of rotatable bonds is 7. The molecule has 2 aromatic carbocycles. The number of benzene rings is 2. The average Bonchev–Trinajstić information content (AvgIpc) is 2.81. The van der Waals surface area contributed by atoms with E-state index in [1.54, 1.807) is 36.4 Å². The molecule has 0 aliphatic heterocycles. The summed E-state index contributed by atoms with van der Waals surface area (Å²) in [5, 5.41) is 10.8. The number of esters is 1. The molecule has 3 aromatic rings. The van der Waals surface area contributed by atoms with E-state index in [1.165, 1.54) is 37.7 Å². The van der Waals surface area contributed by atoms with E-state index < -0.39 is 23.8 Å². The Morgan fingerprint density at radius 3 is 2.50 bits per heavy atom. The maximum Gasteiger partial charge on any atom is 0.416 e. The highest BCUT2D eigenvalue weighted by atomic mass is 19.4. The number of alkyl halides is 3. The highest BCUT2D eigenvalue weighted by Gasteiger charge is 2.30. The third kappa shape index (κ3) is 5.95. The number of hydrogen-bond acceptors (Lipinski definition) is 5. The van der Waals surface area contributed by atoms with Crippen molar-refractivity contribution < 1.29 is 32.5 Å². The number of halogens is 3. The van der Waals surface area contributed by atoms with E-state index in [0.717, 1.165) is 12.1 Å². The normalized spacial score (nSPS) is 12.8. The molecule has 0 aliphatic rings. The Morgan fingerprint density at radius 1 is 1.12 bits per heavy atom. The van der Waals surface area contributed by atoms with E-state index in [4.69, 9.17) is 9.47 Å². The summed E-state index contributed by atoms with van der Waals surface area (Å²) in [6.45, 7) is -0.386. The number of ether oxygens (including phenoxy) is 2. The van der Waals surface area contributed by atoms with Gasteiger partial charge in [0, 0.05) is 18.0 Å². The van der Waals surface area contributed by atoms with Crippen molar-refractivity contribution in [2.45, 2.75) is 18.9 Å². The topological polar surface area (TPSA) is 68.7 Å². The molecule has 32 heavy (non-hydrogen) atoms. The molecule has 0 radical (unpaired) electrons. The average molecular weight is 443 g/mol. The molecule has 1 heterocycles. The summed E-state index contributed by atoms with van der Waals surface area (Å²) in [4.78, 5) is 16.8. The van der Waals surface area contributed by atoms with Crippen molar-refractivity contribution in [3.8, 4) is 5.75 Å². The third-order valence-corrected chi connectivity index (χ3v) is 4.59. The van der Waals surface area contributed by atoms with E-state index in [0.29, 0.717) is 16.9 Å². The summed E-state index contributed by atoms with van der Waals surface area (Å²) in [5.74, 6) is -0.252. The zero-order chi connectivity index (χ0) is 23.1. The lowest BCUT2D eigenvalue weighted by Gasteiger charge is -2.15. The van der Waals surface area contributed by atoms with Gasteiger partial charge in [0.25, 0.3) is 0 Å². The second-order valence-electron chi connectivity index (χ2n) is 6.84. The van der Waals surface area contributed by atoms with Crippen molar-refractivity contribution in [1.29, 1.82) is 0 Å². The summed E-state index contributed by atoms with van der Waals surface area (Å²) in [6.07, 6.45) is -1.47. The number of aromatic nitrogens is 1. The van der Waals surface area contributed by atoms with Crippen LogP contribution in [0.15, 0.2) is 78.6 Å². The van der Waals surface area contributed by atoms with Gasteiger partial charge in [0.05, 0.1) is 18.2 Å². The molecule has 0 fully saturated rings. The van der Waals surface area contributed by atoms with Crippen molar-refractivity contribution in [3.63, 3.8) is 0 Å². The number of carbonyl (C=O) groups excluding carboxylic acids is 1. The summed E-state index contributed by atoms with van der Waals surface area (Å²) in [7, 11) is 1.52. The maximum absolute atomic E-state index is 12.9. The van der Waals surface area contributed by atoms with Gasteiger partial charge < -0.3 is 14.6 Å². The van der Waals surface area contributed by atoms with Crippen LogP contribution in [0.3, 0.4) is 0 Å². The number of methoxy groups -OCH3 is 1. The highest BCUT2D eigenvalue weighted by Crippen LogP contribution is 2.30. The first kappa shape index (κ1) is 23.0. The minimum Gasteiger partial charge on any atom is -0.497 e. The lowest BCUT2D eigenvalue weighted by atomic mass is 10.0. The van der Waals surface area contributed by atoms with Crippen molar-refractivity contribution in [3.05, 3.63) is 101 Å². The van der Waals surface area contributed by atoms with Crippen LogP contribution in [-0.4, -0.2) is 23.2 Å². The molecule has 1 unspecified atom stereocenters. The molecule has 1 atom stereocenters. The monoisotopic (exact) mass is 443 g/mol. The molecule has 1 aromatic heterocycles. The van der Waals surface area contributed by atoms with Gasteiger partial charge in [-0.3, -0.25) is 4.98 Å². The van der Waals surface area contributed by atoms with Crippen LogP contribution in [-0.2, 0) is 22.3 Å². The summed E-state index contributed by atoms with van der Waals surface area (Å²) >= 11 is 0. The lowest BCUT2D eigenvalue weighted by Crippen LogP contribution is -2.15. The number of pyridine rings is 1. The zero-order valence-electron chi connectivity index (χ0n) is 17.0. The molecule has 0 saturated carbocycles. The van der Waals surface area contributed by atoms with E-state index in [2.05, 4.69) is 4.98 Å². The van der Waals surface area contributed by atoms with Gasteiger partial charge in [0.15, 0.2) is 0 Å². The fourth-order valence-corrected chi connectivity index (χ4v) is 2.92. The predicted molar refractivity (Wildman–Crippen MR) is 111 cm³/mol. The fourth-order valence-electron chi connectivity index (χ4n) is 2.92. The standard InChI is InChI=1S/C24H20F3NO4/c1-31-20-9-7-16(8-10-20)13-21(22(29)18-5-3-11-28-14-18)23(30)32-15-17-4-2-6-19(12-17)24(25,26)27/h2-14,22,29H,15H2,1H3. The number of hydrogen-bond donors (Lipinski definition) is 1. The molecule has 0 saturated heterocycles. The third-order valence-electron chi connectivity index (χ3n) is 4.59. The fraction of sp³-hybridized carbons (Fsp3) is 0.167. The molecule has 3 rings (SSSR count). The van der Waals surface area contributed by atoms with E-state index in [-0.39, 0.29) is 17.7 Å². The van der Waals surface area contributed by atoms with Crippen molar-refractivity contribution in [1.82, 2.24) is 4.98 Å². The highest BCUT2D eigenvalue weighted by molar-refractivity contribution is 5.95. The molecule has 5 nitrogen and oxygen atoms in total. The molecule has 0 bridgehead atoms. The van der Waals surface area contributed by atoms with Gasteiger partial charge >= 0.3 is 12.1 Å². The Hall–Kier alpha value is -3.65. The van der Waals surface area contributed by atoms with E-state index in [1.807, 2.05) is 0 Å². The minimum atomic E-state index is -4.50. The first-order valence-corrected chi connectivity index (χ1v) is 9.55. The molecule has 8 heteroatoms. The Kier molecular flexibility index (Phi) is 7.27. The van der Waals surface area contributed by atoms with Crippen LogP contribution in [0, 0.1) is 0 Å². The summed E-state index contributed by atoms with van der Waals surface area (Å²) in [5.41, 5.74) is 0.210. The quantitative estimate of drug-likeness (QED) is 0.413.